The maximum absolute atomic E-state index is 5.97. The molecule has 0 aliphatic rings. The first kappa shape index (κ1) is 13.8. The summed E-state index contributed by atoms with van der Waals surface area (Å²) in [6, 6.07) is 17.1. The van der Waals surface area contributed by atoms with Crippen molar-refractivity contribution in [3.63, 3.8) is 0 Å². The van der Waals surface area contributed by atoms with Crippen molar-refractivity contribution in [1.29, 1.82) is 0 Å². The molecule has 0 radical (unpaired) electrons. The van der Waals surface area contributed by atoms with E-state index in [0.717, 1.165) is 22.3 Å². The summed E-state index contributed by atoms with van der Waals surface area (Å²) in [5.41, 5.74) is 3.57. The van der Waals surface area contributed by atoms with E-state index in [1.165, 1.54) is 0 Å². The van der Waals surface area contributed by atoms with E-state index in [9.17, 15) is 0 Å². The second-order valence-electron chi connectivity index (χ2n) is 5.08. The molecule has 4 nitrogen and oxygen atoms in total. The SMILES string of the molecule is Clc1cccc(C=Nc2ccc3[nH]c(-c4ccco4)nc3c2)c1. The van der Waals surface area contributed by atoms with Gasteiger partial charge in [0, 0.05) is 11.2 Å². The Morgan fingerprint density at radius 2 is 2.04 bits per heavy atom. The lowest BCUT2D eigenvalue weighted by molar-refractivity contribution is 0.578. The monoisotopic (exact) mass is 321 g/mol. The number of benzene rings is 2. The van der Waals surface area contributed by atoms with E-state index in [0.29, 0.717) is 16.6 Å². The smallest absolute Gasteiger partial charge is 0.174 e. The van der Waals surface area contributed by atoms with Crippen molar-refractivity contribution in [2.24, 2.45) is 4.99 Å². The zero-order valence-corrected chi connectivity index (χ0v) is 12.8. The molecule has 0 aliphatic heterocycles. The molecule has 4 aromatic rings. The van der Waals surface area contributed by atoms with E-state index >= 15 is 0 Å². The third-order valence-electron chi connectivity index (χ3n) is 3.43. The number of aromatic nitrogens is 2. The number of furan rings is 1. The number of hydrogen-bond donors (Lipinski definition) is 1. The molecule has 0 unspecified atom stereocenters. The normalized spacial score (nSPS) is 11.5. The summed E-state index contributed by atoms with van der Waals surface area (Å²) in [7, 11) is 0. The molecule has 1 N–H and O–H groups in total. The number of hydrogen-bond acceptors (Lipinski definition) is 3. The molecule has 4 rings (SSSR count). The zero-order chi connectivity index (χ0) is 15.6. The average molecular weight is 322 g/mol. The number of rotatable bonds is 3. The van der Waals surface area contributed by atoms with Crippen LogP contribution in [-0.4, -0.2) is 16.2 Å². The summed E-state index contributed by atoms with van der Waals surface area (Å²) >= 11 is 5.97. The molecule has 0 spiro atoms. The van der Waals surface area contributed by atoms with Crippen LogP contribution < -0.4 is 0 Å². The van der Waals surface area contributed by atoms with Gasteiger partial charge in [0.05, 0.1) is 23.0 Å². The number of nitrogens with zero attached hydrogens (tertiary/aromatic N) is 2. The van der Waals surface area contributed by atoms with Crippen LogP contribution in [0, 0.1) is 0 Å². The second kappa shape index (κ2) is 5.74. The molecule has 5 heteroatoms. The highest BCUT2D eigenvalue weighted by Crippen LogP contribution is 2.24. The van der Waals surface area contributed by atoms with Gasteiger partial charge >= 0.3 is 0 Å². The lowest BCUT2D eigenvalue weighted by Crippen LogP contribution is -1.79. The van der Waals surface area contributed by atoms with E-state index in [-0.39, 0.29) is 0 Å². The largest absolute Gasteiger partial charge is 0.461 e. The molecule has 0 aliphatic carbocycles. The average Bonchev–Trinajstić information content (AvgIpc) is 3.21. The number of imidazole rings is 1. The third kappa shape index (κ3) is 2.89. The molecule has 2 heterocycles. The summed E-state index contributed by atoms with van der Waals surface area (Å²) in [5, 5.41) is 0.694. The molecule has 0 atom stereocenters. The zero-order valence-electron chi connectivity index (χ0n) is 12.0. The highest BCUT2D eigenvalue weighted by Gasteiger charge is 2.07. The van der Waals surface area contributed by atoms with Crippen LogP contribution in [0.4, 0.5) is 5.69 Å². The fraction of sp³-hybridized carbons (Fsp3) is 0. The Hall–Kier alpha value is -2.85. The molecular formula is C18H12ClN3O. The summed E-state index contributed by atoms with van der Waals surface area (Å²) in [6.45, 7) is 0. The molecule has 0 amide bonds. The van der Waals surface area contributed by atoms with Gasteiger partial charge in [-0.25, -0.2) is 4.98 Å². The maximum atomic E-state index is 5.97. The predicted molar refractivity (Wildman–Crippen MR) is 92.5 cm³/mol. The van der Waals surface area contributed by atoms with Crippen molar-refractivity contribution < 1.29 is 4.42 Å². The van der Waals surface area contributed by atoms with E-state index in [2.05, 4.69) is 15.0 Å². The Labute approximate surface area is 137 Å². The first-order chi connectivity index (χ1) is 11.3. The molecule has 2 aromatic carbocycles. The Kier molecular flexibility index (Phi) is 3.44. The minimum absolute atomic E-state index is 0.694. The van der Waals surface area contributed by atoms with Gasteiger partial charge in [-0.3, -0.25) is 4.99 Å². The molecular weight excluding hydrogens is 310 g/mol. The fourth-order valence-electron chi connectivity index (χ4n) is 2.34. The van der Waals surface area contributed by atoms with E-state index in [1.807, 2.05) is 54.6 Å². The predicted octanol–water partition coefficient (Wildman–Crippen LogP) is 5.23. The van der Waals surface area contributed by atoms with Crippen molar-refractivity contribution in [1.82, 2.24) is 9.97 Å². The van der Waals surface area contributed by atoms with Gasteiger partial charge in [0.25, 0.3) is 0 Å². The van der Waals surface area contributed by atoms with Gasteiger partial charge in [0.1, 0.15) is 0 Å². The summed E-state index contributed by atoms with van der Waals surface area (Å²) in [4.78, 5) is 12.3. The van der Waals surface area contributed by atoms with Crippen molar-refractivity contribution in [2.75, 3.05) is 0 Å². The van der Waals surface area contributed by atoms with Crippen LogP contribution in [0.25, 0.3) is 22.6 Å². The first-order valence-corrected chi connectivity index (χ1v) is 7.49. The van der Waals surface area contributed by atoms with Crippen molar-refractivity contribution >= 4 is 34.5 Å². The summed E-state index contributed by atoms with van der Waals surface area (Å²) in [5.74, 6) is 1.42. The molecule has 0 saturated carbocycles. The molecule has 0 bridgehead atoms. The van der Waals surface area contributed by atoms with Gasteiger partial charge in [-0.05, 0) is 48.0 Å². The second-order valence-corrected chi connectivity index (χ2v) is 5.51. The third-order valence-corrected chi connectivity index (χ3v) is 3.67. The molecule has 2 aromatic heterocycles. The Balaban J connectivity index is 1.66. The van der Waals surface area contributed by atoms with Crippen LogP contribution in [0.2, 0.25) is 5.02 Å². The van der Waals surface area contributed by atoms with Gasteiger partial charge in [-0.2, -0.15) is 0 Å². The van der Waals surface area contributed by atoms with Crippen molar-refractivity contribution in [2.45, 2.75) is 0 Å². The van der Waals surface area contributed by atoms with E-state index < -0.39 is 0 Å². The number of H-pyrrole nitrogens is 1. The van der Waals surface area contributed by atoms with E-state index in [4.69, 9.17) is 16.0 Å². The van der Waals surface area contributed by atoms with Crippen LogP contribution in [-0.2, 0) is 0 Å². The molecule has 112 valence electrons. The molecule has 0 fully saturated rings. The summed E-state index contributed by atoms with van der Waals surface area (Å²) in [6.07, 6.45) is 3.41. The fourth-order valence-corrected chi connectivity index (χ4v) is 2.54. The van der Waals surface area contributed by atoms with Gasteiger partial charge in [-0.15, -0.1) is 0 Å². The topological polar surface area (TPSA) is 54.2 Å². The highest BCUT2D eigenvalue weighted by molar-refractivity contribution is 6.30. The van der Waals surface area contributed by atoms with Gasteiger partial charge in [-0.1, -0.05) is 23.7 Å². The first-order valence-electron chi connectivity index (χ1n) is 7.11. The Morgan fingerprint density at radius 3 is 2.87 bits per heavy atom. The van der Waals surface area contributed by atoms with Gasteiger partial charge < -0.3 is 9.40 Å². The maximum Gasteiger partial charge on any atom is 0.174 e. The standard InChI is InChI=1S/C18H12ClN3O/c19-13-4-1-3-12(9-13)11-20-14-6-7-15-16(10-14)22-18(21-15)17-5-2-8-23-17/h1-11H,(H,21,22). The van der Waals surface area contributed by atoms with Crippen LogP contribution >= 0.6 is 11.6 Å². The van der Waals surface area contributed by atoms with Crippen LogP contribution in [0.3, 0.4) is 0 Å². The lowest BCUT2D eigenvalue weighted by atomic mass is 10.2. The number of nitrogens with one attached hydrogen (secondary N) is 1. The van der Waals surface area contributed by atoms with Crippen LogP contribution in [0.15, 0.2) is 70.3 Å². The molecule has 0 saturated heterocycles. The quantitative estimate of drug-likeness (QED) is 0.525. The van der Waals surface area contributed by atoms with E-state index in [1.54, 1.807) is 12.5 Å². The number of fused-ring (bicyclic) bond motifs is 1. The van der Waals surface area contributed by atoms with Gasteiger partial charge in [0.15, 0.2) is 11.6 Å². The lowest BCUT2D eigenvalue weighted by Gasteiger charge is -1.95. The number of aliphatic imine (C=N–C) groups is 1. The Bertz CT molecular complexity index is 987. The van der Waals surface area contributed by atoms with Crippen LogP contribution in [0.5, 0.6) is 0 Å². The number of aromatic amines is 1. The van der Waals surface area contributed by atoms with Crippen molar-refractivity contribution in [3.05, 3.63) is 71.4 Å². The minimum atomic E-state index is 0.694. The number of halogens is 1. The van der Waals surface area contributed by atoms with Crippen LogP contribution in [0.1, 0.15) is 5.56 Å². The highest BCUT2D eigenvalue weighted by atomic mass is 35.5. The Morgan fingerprint density at radius 1 is 1.09 bits per heavy atom. The summed E-state index contributed by atoms with van der Waals surface area (Å²) < 4.78 is 5.36. The minimum Gasteiger partial charge on any atom is -0.461 e. The molecule has 23 heavy (non-hydrogen) atoms. The van der Waals surface area contributed by atoms with Crippen molar-refractivity contribution in [3.8, 4) is 11.6 Å². The van der Waals surface area contributed by atoms with Gasteiger partial charge in [0.2, 0.25) is 0 Å².